The molecule has 1 aliphatic rings. The first-order valence-electron chi connectivity index (χ1n) is 3.15. The Morgan fingerprint density at radius 3 is 2.12 bits per heavy atom. The third kappa shape index (κ3) is 1.47. The average molecular weight is 222 g/mol. The fourth-order valence-electron chi connectivity index (χ4n) is 1.24. The van der Waals surface area contributed by atoms with Gasteiger partial charge in [0, 0.05) is 0 Å². The standard InChI is InChI=1S/C7H11I/c1-6(8)7-4-2-3-5-7/h7H,1-5H2. The maximum atomic E-state index is 3.92. The lowest BCUT2D eigenvalue weighted by Crippen LogP contribution is -1.88. The van der Waals surface area contributed by atoms with Crippen LogP contribution in [0.25, 0.3) is 0 Å². The van der Waals surface area contributed by atoms with Crippen LogP contribution < -0.4 is 0 Å². The lowest BCUT2D eigenvalue weighted by molar-refractivity contribution is 0.683. The SMILES string of the molecule is C=C(I)C1CCCC1. The molecule has 0 heterocycles. The van der Waals surface area contributed by atoms with Gasteiger partial charge in [0.2, 0.25) is 0 Å². The zero-order valence-corrected chi connectivity index (χ0v) is 7.15. The van der Waals surface area contributed by atoms with E-state index in [9.17, 15) is 0 Å². The van der Waals surface area contributed by atoms with E-state index in [2.05, 4.69) is 29.2 Å². The lowest BCUT2D eigenvalue weighted by atomic mass is 10.1. The number of halogens is 1. The van der Waals surface area contributed by atoms with Gasteiger partial charge in [-0.3, -0.25) is 0 Å². The third-order valence-electron chi connectivity index (χ3n) is 1.80. The van der Waals surface area contributed by atoms with Gasteiger partial charge in [-0.25, -0.2) is 0 Å². The minimum Gasteiger partial charge on any atom is -0.0894 e. The molecule has 0 bridgehead atoms. The first-order valence-corrected chi connectivity index (χ1v) is 4.23. The van der Waals surface area contributed by atoms with Gasteiger partial charge in [-0.2, -0.15) is 0 Å². The van der Waals surface area contributed by atoms with E-state index in [1.54, 1.807) is 0 Å². The molecule has 1 fully saturated rings. The molecule has 0 aromatic heterocycles. The Hall–Kier alpha value is 0.470. The first-order chi connectivity index (χ1) is 3.80. The van der Waals surface area contributed by atoms with Crippen molar-refractivity contribution in [2.24, 2.45) is 5.92 Å². The van der Waals surface area contributed by atoms with E-state index in [1.807, 2.05) is 0 Å². The van der Waals surface area contributed by atoms with Crippen LogP contribution >= 0.6 is 22.6 Å². The molecule has 1 saturated carbocycles. The second kappa shape index (κ2) is 2.85. The zero-order valence-electron chi connectivity index (χ0n) is 4.99. The maximum absolute atomic E-state index is 3.92. The van der Waals surface area contributed by atoms with E-state index in [4.69, 9.17) is 0 Å². The van der Waals surface area contributed by atoms with Gasteiger partial charge >= 0.3 is 0 Å². The summed E-state index contributed by atoms with van der Waals surface area (Å²) in [5.41, 5.74) is 0. The summed E-state index contributed by atoms with van der Waals surface area (Å²) in [5, 5.41) is 0. The molecule has 0 aromatic rings. The summed E-state index contributed by atoms with van der Waals surface area (Å²) in [7, 11) is 0. The highest BCUT2D eigenvalue weighted by Gasteiger charge is 2.15. The highest BCUT2D eigenvalue weighted by molar-refractivity contribution is 14.1. The van der Waals surface area contributed by atoms with Crippen molar-refractivity contribution in [1.82, 2.24) is 0 Å². The fraction of sp³-hybridized carbons (Fsp3) is 0.714. The minimum absolute atomic E-state index is 0.857. The summed E-state index contributed by atoms with van der Waals surface area (Å²) in [6.45, 7) is 3.92. The first kappa shape index (κ1) is 6.59. The van der Waals surface area contributed by atoms with Crippen molar-refractivity contribution in [2.75, 3.05) is 0 Å². The van der Waals surface area contributed by atoms with Crippen LogP contribution in [0.5, 0.6) is 0 Å². The molecule has 0 radical (unpaired) electrons. The monoisotopic (exact) mass is 222 g/mol. The van der Waals surface area contributed by atoms with Gasteiger partial charge in [-0.15, -0.1) is 0 Å². The predicted octanol–water partition coefficient (Wildman–Crippen LogP) is 3.13. The van der Waals surface area contributed by atoms with Crippen LogP contribution in [0, 0.1) is 5.92 Å². The predicted molar refractivity (Wildman–Crippen MR) is 45.1 cm³/mol. The van der Waals surface area contributed by atoms with Crippen LogP contribution in [0.15, 0.2) is 10.2 Å². The third-order valence-corrected chi connectivity index (χ3v) is 2.68. The summed E-state index contributed by atoms with van der Waals surface area (Å²) in [5.74, 6) is 0.857. The molecule has 0 N–H and O–H groups in total. The van der Waals surface area contributed by atoms with Crippen molar-refractivity contribution in [3.63, 3.8) is 0 Å². The maximum Gasteiger partial charge on any atom is -0.0110 e. The second-order valence-electron chi connectivity index (χ2n) is 2.43. The van der Waals surface area contributed by atoms with Crippen molar-refractivity contribution in [3.8, 4) is 0 Å². The zero-order chi connectivity index (χ0) is 5.98. The van der Waals surface area contributed by atoms with Gasteiger partial charge in [0.1, 0.15) is 0 Å². The van der Waals surface area contributed by atoms with E-state index in [0.717, 1.165) is 5.92 Å². The molecule has 46 valence electrons. The molecule has 0 saturated heterocycles. The van der Waals surface area contributed by atoms with Gasteiger partial charge in [-0.05, 0) is 44.9 Å². The number of rotatable bonds is 1. The molecule has 1 aliphatic carbocycles. The Labute approximate surface area is 64.5 Å². The molecule has 0 unspecified atom stereocenters. The van der Waals surface area contributed by atoms with Gasteiger partial charge in [-0.1, -0.05) is 19.4 Å². The Bertz CT molecular complexity index is 90.6. The highest BCUT2D eigenvalue weighted by atomic mass is 127. The summed E-state index contributed by atoms with van der Waals surface area (Å²) in [6.07, 6.45) is 5.63. The van der Waals surface area contributed by atoms with Crippen molar-refractivity contribution in [2.45, 2.75) is 25.7 Å². The van der Waals surface area contributed by atoms with Crippen molar-refractivity contribution in [1.29, 1.82) is 0 Å². The van der Waals surface area contributed by atoms with Crippen LogP contribution in [0.3, 0.4) is 0 Å². The van der Waals surface area contributed by atoms with Crippen LogP contribution in [0.2, 0.25) is 0 Å². The topological polar surface area (TPSA) is 0 Å². The summed E-state index contributed by atoms with van der Waals surface area (Å²) >= 11 is 2.35. The molecule has 8 heavy (non-hydrogen) atoms. The van der Waals surface area contributed by atoms with Gasteiger partial charge in [0.05, 0.1) is 0 Å². The fourth-order valence-corrected chi connectivity index (χ4v) is 1.86. The summed E-state index contributed by atoms with van der Waals surface area (Å²) in [4.78, 5) is 0. The Morgan fingerprint density at radius 2 is 1.88 bits per heavy atom. The second-order valence-corrected chi connectivity index (χ2v) is 3.81. The van der Waals surface area contributed by atoms with E-state index in [-0.39, 0.29) is 0 Å². The van der Waals surface area contributed by atoms with Gasteiger partial charge in [0.15, 0.2) is 0 Å². The molecular weight excluding hydrogens is 211 g/mol. The largest absolute Gasteiger partial charge is 0.0894 e. The number of allylic oxidation sites excluding steroid dienone is 1. The van der Waals surface area contributed by atoms with E-state index < -0.39 is 0 Å². The molecule has 0 aliphatic heterocycles. The lowest BCUT2D eigenvalue weighted by Gasteiger charge is -2.03. The summed E-state index contributed by atoms with van der Waals surface area (Å²) in [6, 6.07) is 0. The molecule has 0 atom stereocenters. The molecular formula is C7H11I. The van der Waals surface area contributed by atoms with Crippen molar-refractivity contribution < 1.29 is 0 Å². The Balaban J connectivity index is 2.35. The highest BCUT2D eigenvalue weighted by Crippen LogP contribution is 2.32. The van der Waals surface area contributed by atoms with Gasteiger partial charge < -0.3 is 0 Å². The Morgan fingerprint density at radius 1 is 1.38 bits per heavy atom. The number of hydrogen-bond donors (Lipinski definition) is 0. The molecule has 0 amide bonds. The van der Waals surface area contributed by atoms with Crippen LogP contribution in [0.4, 0.5) is 0 Å². The van der Waals surface area contributed by atoms with E-state index in [1.165, 1.54) is 29.3 Å². The van der Waals surface area contributed by atoms with Crippen LogP contribution in [-0.4, -0.2) is 0 Å². The van der Waals surface area contributed by atoms with Crippen molar-refractivity contribution >= 4 is 22.6 Å². The van der Waals surface area contributed by atoms with Crippen LogP contribution in [0.1, 0.15) is 25.7 Å². The number of hydrogen-bond acceptors (Lipinski definition) is 0. The normalized spacial score (nSPS) is 21.6. The van der Waals surface area contributed by atoms with Gasteiger partial charge in [0.25, 0.3) is 0 Å². The molecule has 1 rings (SSSR count). The molecule has 0 spiro atoms. The minimum atomic E-state index is 0.857. The van der Waals surface area contributed by atoms with E-state index >= 15 is 0 Å². The Kier molecular flexibility index (Phi) is 2.35. The smallest absolute Gasteiger partial charge is 0.0110 e. The molecule has 1 heteroatoms. The summed E-state index contributed by atoms with van der Waals surface area (Å²) < 4.78 is 1.36. The molecule has 0 nitrogen and oxygen atoms in total. The molecule has 0 aromatic carbocycles. The van der Waals surface area contributed by atoms with E-state index in [0.29, 0.717) is 0 Å². The van der Waals surface area contributed by atoms with Crippen LogP contribution in [-0.2, 0) is 0 Å². The van der Waals surface area contributed by atoms with Crippen molar-refractivity contribution in [3.05, 3.63) is 10.2 Å². The average Bonchev–Trinajstić information content (AvgIpc) is 2.12. The quantitative estimate of drug-likeness (QED) is 0.598.